The highest BCUT2D eigenvalue weighted by Crippen LogP contribution is 2.63. The summed E-state index contributed by atoms with van der Waals surface area (Å²) in [5.41, 5.74) is 12.9. The normalized spacial score (nSPS) is 13.3. The van der Waals surface area contributed by atoms with Gasteiger partial charge in [0.2, 0.25) is 0 Å². The van der Waals surface area contributed by atoms with Gasteiger partial charge in [-0.2, -0.15) is 0 Å². The summed E-state index contributed by atoms with van der Waals surface area (Å²) in [7, 11) is 0. The van der Waals surface area contributed by atoms with Gasteiger partial charge in [0.15, 0.2) is 5.82 Å². The van der Waals surface area contributed by atoms with Crippen LogP contribution >= 0.6 is 0 Å². The topological polar surface area (TPSA) is 35.0 Å². The molecule has 1 aromatic heterocycles. The Bertz CT molecular complexity index is 2490. The fraction of sp³-hybridized carbons (Fsp3) is 0.0222. The van der Waals surface area contributed by atoms with Crippen molar-refractivity contribution < 1.29 is 4.74 Å². The summed E-state index contributed by atoms with van der Waals surface area (Å²) < 4.78 is 6.60. The fourth-order valence-electron chi connectivity index (χ4n) is 7.97. The first-order valence-electron chi connectivity index (χ1n) is 16.3. The number of rotatable bonds is 3. The predicted octanol–water partition coefficient (Wildman–Crippen LogP) is 11.1. The minimum absolute atomic E-state index is 0.600. The summed E-state index contributed by atoms with van der Waals surface area (Å²) in [5.74, 6) is 2.46. The molecule has 0 saturated heterocycles. The van der Waals surface area contributed by atoms with Crippen molar-refractivity contribution in [2.75, 3.05) is 0 Å². The number of para-hydroxylation sites is 3. The summed E-state index contributed by atoms with van der Waals surface area (Å²) in [6, 6.07) is 59.9. The van der Waals surface area contributed by atoms with Crippen molar-refractivity contribution in [3.63, 3.8) is 0 Å². The highest BCUT2D eigenvalue weighted by Gasteiger charge is 2.52. The van der Waals surface area contributed by atoms with Gasteiger partial charge in [-0.05, 0) is 51.6 Å². The van der Waals surface area contributed by atoms with Crippen LogP contribution in [0.2, 0.25) is 0 Å². The van der Waals surface area contributed by atoms with Gasteiger partial charge in [-0.1, -0.05) is 152 Å². The highest BCUT2D eigenvalue weighted by molar-refractivity contribution is 6.00. The molecule has 10 rings (SSSR count). The van der Waals surface area contributed by atoms with Crippen LogP contribution in [0.1, 0.15) is 22.3 Å². The van der Waals surface area contributed by atoms with Gasteiger partial charge in [-0.15, -0.1) is 0 Å². The molecule has 0 unspecified atom stereocenters. The SMILES string of the molecule is c1ccc(-c2ccc(-c3nc(-c4cccc5c4C4(c6ccccc6Oc6ccccc64)c4ccccc4-5)c4ccccc4n3)cc2)cc1. The van der Waals surface area contributed by atoms with E-state index in [1.807, 2.05) is 6.07 Å². The first-order valence-corrected chi connectivity index (χ1v) is 16.3. The van der Waals surface area contributed by atoms with Crippen LogP contribution in [0.15, 0.2) is 170 Å². The standard InChI is InChI=1S/C45H28N2O/c1-2-13-29(14-3-1)30-25-27-31(28-26-30)44-46-39-22-9-5-16-34(39)43(47-44)35-18-12-17-33-32-15-4-6-19-36(32)45(42(33)35)37-20-7-10-23-40(37)48-41-24-11-8-21-38(41)45/h1-28H. The Hall–Kier alpha value is -6.32. The van der Waals surface area contributed by atoms with E-state index in [-0.39, 0.29) is 0 Å². The molecule has 48 heavy (non-hydrogen) atoms. The van der Waals surface area contributed by atoms with Crippen LogP contribution in [0.5, 0.6) is 11.5 Å². The molecule has 1 aliphatic heterocycles. The van der Waals surface area contributed by atoms with Gasteiger partial charge in [-0.25, -0.2) is 9.97 Å². The Balaban J connectivity index is 1.27. The van der Waals surface area contributed by atoms with Crippen LogP contribution in [-0.2, 0) is 5.41 Å². The van der Waals surface area contributed by atoms with Crippen molar-refractivity contribution in [1.29, 1.82) is 0 Å². The van der Waals surface area contributed by atoms with Crippen molar-refractivity contribution in [3.8, 4) is 56.4 Å². The van der Waals surface area contributed by atoms with E-state index in [0.717, 1.165) is 55.9 Å². The van der Waals surface area contributed by atoms with Crippen molar-refractivity contribution in [2.24, 2.45) is 0 Å². The maximum Gasteiger partial charge on any atom is 0.160 e. The molecule has 0 N–H and O–H groups in total. The molecule has 1 spiro atoms. The van der Waals surface area contributed by atoms with Gasteiger partial charge in [-0.3, -0.25) is 0 Å². The Morgan fingerprint density at radius 2 is 0.958 bits per heavy atom. The Kier molecular flexibility index (Phi) is 5.79. The lowest BCUT2D eigenvalue weighted by Gasteiger charge is -2.40. The monoisotopic (exact) mass is 612 g/mol. The fourth-order valence-corrected chi connectivity index (χ4v) is 7.97. The van der Waals surface area contributed by atoms with Crippen LogP contribution in [-0.4, -0.2) is 9.97 Å². The lowest BCUT2D eigenvalue weighted by Crippen LogP contribution is -2.32. The smallest absolute Gasteiger partial charge is 0.160 e. The van der Waals surface area contributed by atoms with Crippen LogP contribution in [0.25, 0.3) is 55.8 Å². The zero-order chi connectivity index (χ0) is 31.7. The Labute approximate surface area is 278 Å². The minimum atomic E-state index is -0.600. The second kappa shape index (κ2) is 10.3. The third-order valence-electron chi connectivity index (χ3n) is 9.97. The number of aromatic nitrogens is 2. The minimum Gasteiger partial charge on any atom is -0.457 e. The van der Waals surface area contributed by atoms with E-state index >= 15 is 0 Å². The second-order valence-electron chi connectivity index (χ2n) is 12.5. The zero-order valence-corrected chi connectivity index (χ0v) is 26.0. The highest BCUT2D eigenvalue weighted by atomic mass is 16.5. The molecule has 0 radical (unpaired) electrons. The molecule has 0 saturated carbocycles. The number of ether oxygens (including phenoxy) is 1. The molecular formula is C45H28N2O. The predicted molar refractivity (Wildman–Crippen MR) is 193 cm³/mol. The van der Waals surface area contributed by atoms with E-state index in [1.54, 1.807) is 0 Å². The Morgan fingerprint density at radius 3 is 1.73 bits per heavy atom. The van der Waals surface area contributed by atoms with Crippen molar-refractivity contribution in [2.45, 2.75) is 5.41 Å². The average Bonchev–Trinajstić information content (AvgIpc) is 3.46. The van der Waals surface area contributed by atoms with E-state index in [9.17, 15) is 0 Å². The molecule has 0 bridgehead atoms. The Morgan fingerprint density at radius 1 is 0.396 bits per heavy atom. The quantitative estimate of drug-likeness (QED) is 0.199. The van der Waals surface area contributed by atoms with E-state index in [1.165, 1.54) is 27.8 Å². The maximum absolute atomic E-state index is 6.60. The zero-order valence-electron chi connectivity index (χ0n) is 26.0. The molecule has 0 fully saturated rings. The van der Waals surface area contributed by atoms with Gasteiger partial charge < -0.3 is 4.74 Å². The number of fused-ring (bicyclic) bond motifs is 10. The summed E-state index contributed by atoms with van der Waals surface area (Å²) in [4.78, 5) is 10.5. The van der Waals surface area contributed by atoms with Gasteiger partial charge >= 0.3 is 0 Å². The van der Waals surface area contributed by atoms with E-state index in [4.69, 9.17) is 14.7 Å². The molecule has 8 aromatic rings. The second-order valence-corrected chi connectivity index (χ2v) is 12.5. The summed E-state index contributed by atoms with van der Waals surface area (Å²) in [6.45, 7) is 0. The molecule has 2 aliphatic rings. The summed E-state index contributed by atoms with van der Waals surface area (Å²) >= 11 is 0. The van der Waals surface area contributed by atoms with Crippen LogP contribution in [0.4, 0.5) is 0 Å². The van der Waals surface area contributed by atoms with Crippen molar-refractivity contribution in [1.82, 2.24) is 9.97 Å². The first-order chi connectivity index (χ1) is 23.8. The van der Waals surface area contributed by atoms with Crippen LogP contribution in [0.3, 0.4) is 0 Å². The van der Waals surface area contributed by atoms with Gasteiger partial charge in [0.25, 0.3) is 0 Å². The first kappa shape index (κ1) is 26.9. The lowest BCUT2D eigenvalue weighted by molar-refractivity contribution is 0.436. The molecule has 3 nitrogen and oxygen atoms in total. The number of benzene rings is 7. The van der Waals surface area contributed by atoms with Gasteiger partial charge in [0, 0.05) is 27.6 Å². The van der Waals surface area contributed by atoms with E-state index in [0.29, 0.717) is 5.82 Å². The lowest BCUT2D eigenvalue weighted by atomic mass is 9.65. The largest absolute Gasteiger partial charge is 0.457 e. The van der Waals surface area contributed by atoms with Gasteiger partial charge in [0.05, 0.1) is 16.6 Å². The van der Waals surface area contributed by atoms with Crippen LogP contribution < -0.4 is 4.74 Å². The average molecular weight is 613 g/mol. The summed E-state index contributed by atoms with van der Waals surface area (Å²) in [6.07, 6.45) is 0. The molecule has 1 aliphatic carbocycles. The molecule has 3 heteroatoms. The van der Waals surface area contributed by atoms with Crippen molar-refractivity contribution in [3.05, 3.63) is 192 Å². The van der Waals surface area contributed by atoms with Crippen LogP contribution in [0, 0.1) is 0 Å². The van der Waals surface area contributed by atoms with E-state index < -0.39 is 5.41 Å². The van der Waals surface area contributed by atoms with Gasteiger partial charge in [0.1, 0.15) is 11.5 Å². The third kappa shape index (κ3) is 3.76. The van der Waals surface area contributed by atoms with Crippen molar-refractivity contribution >= 4 is 10.9 Å². The van der Waals surface area contributed by atoms with E-state index in [2.05, 4.69) is 164 Å². The molecule has 0 atom stereocenters. The molecule has 7 aromatic carbocycles. The number of hydrogen-bond donors (Lipinski definition) is 0. The molecule has 0 amide bonds. The molecule has 224 valence electrons. The third-order valence-corrected chi connectivity index (χ3v) is 9.97. The number of nitrogens with zero attached hydrogens (tertiary/aromatic N) is 2. The summed E-state index contributed by atoms with van der Waals surface area (Å²) in [5, 5.41) is 1.02. The number of hydrogen-bond acceptors (Lipinski definition) is 3. The molecular weight excluding hydrogens is 585 g/mol. The maximum atomic E-state index is 6.60. The molecule has 2 heterocycles.